The van der Waals surface area contributed by atoms with Crippen molar-refractivity contribution in [2.24, 2.45) is 0 Å². The molecular weight excluding hydrogens is 287 g/mol. The first-order chi connectivity index (χ1) is 9.45. The van der Waals surface area contributed by atoms with Gasteiger partial charge in [-0.05, 0) is 35.7 Å². The topological polar surface area (TPSA) is 12.0 Å². The lowest BCUT2D eigenvalue weighted by Crippen LogP contribution is -2.10. The third kappa shape index (κ3) is 2.36. The van der Waals surface area contributed by atoms with Crippen molar-refractivity contribution in [2.45, 2.75) is 18.6 Å². The maximum atomic E-state index is 13.0. The van der Waals surface area contributed by atoms with E-state index in [1.807, 2.05) is 6.07 Å². The minimum absolute atomic E-state index is 0.174. The van der Waals surface area contributed by atoms with Crippen LogP contribution in [0.25, 0.3) is 0 Å². The van der Waals surface area contributed by atoms with Crippen LogP contribution in [0, 0.1) is 0 Å². The Labute approximate surface area is 119 Å². The van der Waals surface area contributed by atoms with Crippen LogP contribution in [-0.2, 0) is 12.6 Å². The van der Waals surface area contributed by atoms with E-state index in [2.05, 4.69) is 5.32 Å². The summed E-state index contributed by atoms with van der Waals surface area (Å²) in [6.45, 7) is 0. The summed E-state index contributed by atoms with van der Waals surface area (Å²) in [6.07, 6.45) is -3.82. The van der Waals surface area contributed by atoms with Gasteiger partial charge >= 0.3 is 6.18 Å². The molecule has 20 heavy (non-hydrogen) atoms. The molecule has 5 heteroatoms. The third-order valence-corrected chi connectivity index (χ3v) is 3.68. The molecule has 0 spiro atoms. The van der Waals surface area contributed by atoms with E-state index in [0.717, 1.165) is 11.6 Å². The lowest BCUT2D eigenvalue weighted by atomic mass is 10.0. The van der Waals surface area contributed by atoms with Crippen LogP contribution in [0.1, 0.15) is 22.7 Å². The highest BCUT2D eigenvalue weighted by Gasteiger charge is 2.37. The Kier molecular flexibility index (Phi) is 3.13. The maximum Gasteiger partial charge on any atom is 0.418 e. The average molecular weight is 298 g/mol. The molecule has 2 aromatic carbocycles. The van der Waals surface area contributed by atoms with Crippen LogP contribution in [0.3, 0.4) is 0 Å². The second-order valence-electron chi connectivity index (χ2n) is 4.79. The number of nitrogens with one attached hydrogen (secondary N) is 1. The van der Waals surface area contributed by atoms with E-state index in [1.54, 1.807) is 24.3 Å². The fourth-order valence-electron chi connectivity index (χ4n) is 2.55. The SMILES string of the molecule is FC(F)(F)c1cccc2c1NC(c1cccc(Cl)c1)C2. The van der Waals surface area contributed by atoms with Gasteiger partial charge in [-0.2, -0.15) is 13.2 Å². The zero-order chi connectivity index (χ0) is 14.3. The molecule has 0 aromatic heterocycles. The van der Waals surface area contributed by atoms with Gasteiger partial charge in [0.05, 0.1) is 17.3 Å². The summed E-state index contributed by atoms with van der Waals surface area (Å²) in [5.41, 5.74) is 1.15. The van der Waals surface area contributed by atoms with Crippen LogP contribution in [-0.4, -0.2) is 0 Å². The van der Waals surface area contributed by atoms with Gasteiger partial charge in [0, 0.05) is 5.02 Å². The summed E-state index contributed by atoms with van der Waals surface area (Å²) in [7, 11) is 0. The summed E-state index contributed by atoms with van der Waals surface area (Å²) < 4.78 is 38.9. The minimum Gasteiger partial charge on any atom is -0.377 e. The number of hydrogen-bond donors (Lipinski definition) is 1. The molecule has 0 radical (unpaired) electrons. The lowest BCUT2D eigenvalue weighted by molar-refractivity contribution is -0.136. The number of benzene rings is 2. The van der Waals surface area contributed by atoms with Gasteiger partial charge in [0.2, 0.25) is 0 Å². The van der Waals surface area contributed by atoms with E-state index >= 15 is 0 Å². The first kappa shape index (κ1) is 13.3. The monoisotopic (exact) mass is 297 g/mol. The van der Waals surface area contributed by atoms with E-state index in [1.165, 1.54) is 6.07 Å². The van der Waals surface area contributed by atoms with Gasteiger partial charge in [0.25, 0.3) is 0 Å². The van der Waals surface area contributed by atoms with Crippen molar-refractivity contribution < 1.29 is 13.2 Å². The number of halogens is 4. The highest BCUT2D eigenvalue weighted by Crippen LogP contribution is 2.43. The van der Waals surface area contributed by atoms with Gasteiger partial charge in [0.15, 0.2) is 0 Å². The predicted molar refractivity (Wildman–Crippen MR) is 73.0 cm³/mol. The van der Waals surface area contributed by atoms with E-state index in [9.17, 15) is 13.2 Å². The molecule has 3 rings (SSSR count). The summed E-state index contributed by atoms with van der Waals surface area (Å²) in [5.74, 6) is 0. The van der Waals surface area contributed by atoms with Gasteiger partial charge in [0.1, 0.15) is 0 Å². The number of para-hydroxylation sites is 1. The van der Waals surface area contributed by atoms with E-state index in [4.69, 9.17) is 11.6 Å². The summed E-state index contributed by atoms with van der Waals surface area (Å²) in [6, 6.07) is 11.3. The Hall–Kier alpha value is -1.68. The van der Waals surface area contributed by atoms with Crippen LogP contribution in [0.15, 0.2) is 42.5 Å². The van der Waals surface area contributed by atoms with Gasteiger partial charge in [-0.1, -0.05) is 35.9 Å². The number of alkyl halides is 3. The molecule has 0 amide bonds. The summed E-state index contributed by atoms with van der Waals surface area (Å²) in [4.78, 5) is 0. The molecule has 1 unspecified atom stereocenters. The molecule has 1 atom stereocenters. The van der Waals surface area contributed by atoms with Crippen LogP contribution in [0.4, 0.5) is 18.9 Å². The minimum atomic E-state index is -4.35. The molecule has 1 aliphatic rings. The Morgan fingerprint density at radius 3 is 2.55 bits per heavy atom. The van der Waals surface area contributed by atoms with Gasteiger partial charge in [-0.3, -0.25) is 0 Å². The zero-order valence-corrected chi connectivity index (χ0v) is 11.1. The first-order valence-corrected chi connectivity index (χ1v) is 6.54. The van der Waals surface area contributed by atoms with Crippen molar-refractivity contribution in [3.8, 4) is 0 Å². The van der Waals surface area contributed by atoms with E-state index < -0.39 is 11.7 Å². The zero-order valence-electron chi connectivity index (χ0n) is 10.3. The molecule has 0 saturated heterocycles. The van der Waals surface area contributed by atoms with Crippen LogP contribution in [0.2, 0.25) is 5.02 Å². The van der Waals surface area contributed by atoms with Crippen LogP contribution < -0.4 is 5.32 Å². The molecule has 0 bridgehead atoms. The summed E-state index contributed by atoms with van der Waals surface area (Å²) in [5, 5.41) is 3.55. The lowest BCUT2D eigenvalue weighted by Gasteiger charge is -2.15. The van der Waals surface area contributed by atoms with E-state index in [0.29, 0.717) is 17.0 Å². The molecule has 0 aliphatic carbocycles. The number of rotatable bonds is 1. The van der Waals surface area contributed by atoms with Crippen molar-refractivity contribution in [3.05, 3.63) is 64.2 Å². The van der Waals surface area contributed by atoms with Crippen molar-refractivity contribution in [1.82, 2.24) is 0 Å². The van der Waals surface area contributed by atoms with Crippen molar-refractivity contribution in [3.63, 3.8) is 0 Å². The molecule has 1 heterocycles. The second kappa shape index (κ2) is 4.70. The quantitative estimate of drug-likeness (QED) is 0.775. The van der Waals surface area contributed by atoms with Crippen LogP contribution >= 0.6 is 11.6 Å². The largest absolute Gasteiger partial charge is 0.418 e. The van der Waals surface area contributed by atoms with Gasteiger partial charge < -0.3 is 5.32 Å². The standard InChI is InChI=1S/C15H11ClF3N/c16-11-5-1-3-9(7-11)13-8-10-4-2-6-12(14(10)20-13)15(17,18)19/h1-7,13,20H,8H2. The Morgan fingerprint density at radius 2 is 1.85 bits per heavy atom. The van der Waals surface area contributed by atoms with Crippen molar-refractivity contribution >= 4 is 17.3 Å². The highest BCUT2D eigenvalue weighted by molar-refractivity contribution is 6.30. The van der Waals surface area contributed by atoms with Crippen LogP contribution in [0.5, 0.6) is 0 Å². The Bertz CT molecular complexity index is 652. The average Bonchev–Trinajstić information content (AvgIpc) is 2.81. The number of fused-ring (bicyclic) bond motifs is 1. The number of anilines is 1. The van der Waals surface area contributed by atoms with Gasteiger partial charge in [-0.15, -0.1) is 0 Å². The first-order valence-electron chi connectivity index (χ1n) is 6.16. The highest BCUT2D eigenvalue weighted by atomic mass is 35.5. The Morgan fingerprint density at radius 1 is 1.10 bits per heavy atom. The smallest absolute Gasteiger partial charge is 0.377 e. The number of hydrogen-bond acceptors (Lipinski definition) is 1. The fraction of sp³-hybridized carbons (Fsp3) is 0.200. The normalized spacial score (nSPS) is 17.7. The molecule has 104 valence electrons. The fourth-order valence-corrected chi connectivity index (χ4v) is 2.75. The molecule has 1 N–H and O–H groups in total. The van der Waals surface area contributed by atoms with E-state index in [-0.39, 0.29) is 11.7 Å². The van der Waals surface area contributed by atoms with Crippen molar-refractivity contribution in [1.29, 1.82) is 0 Å². The maximum absolute atomic E-state index is 13.0. The molecule has 2 aromatic rings. The molecule has 0 fully saturated rings. The van der Waals surface area contributed by atoms with Crippen molar-refractivity contribution in [2.75, 3.05) is 5.32 Å². The second-order valence-corrected chi connectivity index (χ2v) is 5.23. The molecule has 1 nitrogen and oxygen atoms in total. The Balaban J connectivity index is 1.97. The molecular formula is C15H11ClF3N. The predicted octanol–water partition coefficient (Wildman–Crippen LogP) is 5.07. The van der Waals surface area contributed by atoms with Gasteiger partial charge in [-0.25, -0.2) is 0 Å². The summed E-state index contributed by atoms with van der Waals surface area (Å²) >= 11 is 5.93. The molecule has 0 saturated carbocycles. The third-order valence-electron chi connectivity index (χ3n) is 3.45. The molecule has 1 aliphatic heterocycles.